The fourth-order valence-electron chi connectivity index (χ4n) is 2.89. The maximum atomic E-state index is 13.1. The maximum absolute atomic E-state index is 13.1. The molecule has 0 radical (unpaired) electrons. The lowest BCUT2D eigenvalue weighted by Crippen LogP contribution is -2.51. The summed E-state index contributed by atoms with van der Waals surface area (Å²) in [5.74, 6) is -0.911. The number of hydrogen-bond donors (Lipinski definition) is 1. The number of anilines is 1. The lowest BCUT2D eigenvalue weighted by atomic mass is 10.0. The SMILES string of the molecule is Cc1cc(C)n([C@H](C)C(=O)N(CC(=O)Nc2ccc(F)cc2)C(C)(C)C)n1. The van der Waals surface area contributed by atoms with Gasteiger partial charge in [-0.2, -0.15) is 5.10 Å². The zero-order valence-corrected chi connectivity index (χ0v) is 16.7. The van der Waals surface area contributed by atoms with Crippen LogP contribution in [-0.4, -0.2) is 38.6 Å². The molecule has 0 fully saturated rings. The van der Waals surface area contributed by atoms with Gasteiger partial charge in [-0.1, -0.05) is 0 Å². The Balaban J connectivity index is 2.17. The predicted molar refractivity (Wildman–Crippen MR) is 103 cm³/mol. The Bertz CT molecular complexity index is 821. The minimum atomic E-state index is -0.554. The summed E-state index contributed by atoms with van der Waals surface area (Å²) in [6.07, 6.45) is 0. The maximum Gasteiger partial charge on any atom is 0.248 e. The van der Waals surface area contributed by atoms with Crippen molar-refractivity contribution in [2.75, 3.05) is 11.9 Å². The van der Waals surface area contributed by atoms with E-state index >= 15 is 0 Å². The van der Waals surface area contributed by atoms with Crippen molar-refractivity contribution >= 4 is 17.5 Å². The third-order valence-electron chi connectivity index (χ3n) is 4.27. The quantitative estimate of drug-likeness (QED) is 0.871. The van der Waals surface area contributed by atoms with Gasteiger partial charge in [0, 0.05) is 16.9 Å². The Kier molecular flexibility index (Phi) is 6.03. The molecule has 6 nitrogen and oxygen atoms in total. The van der Waals surface area contributed by atoms with Gasteiger partial charge in [0.2, 0.25) is 11.8 Å². The number of carbonyl (C=O) groups excluding carboxylic acids is 2. The first-order valence-corrected chi connectivity index (χ1v) is 8.88. The Labute approximate surface area is 159 Å². The number of aromatic nitrogens is 2. The van der Waals surface area contributed by atoms with Gasteiger partial charge in [-0.25, -0.2) is 4.39 Å². The van der Waals surface area contributed by atoms with E-state index < -0.39 is 11.6 Å². The summed E-state index contributed by atoms with van der Waals surface area (Å²) in [5, 5.41) is 7.08. The van der Waals surface area contributed by atoms with Crippen LogP contribution in [0.1, 0.15) is 45.1 Å². The van der Waals surface area contributed by atoms with Gasteiger partial charge >= 0.3 is 0 Å². The van der Waals surface area contributed by atoms with Crippen LogP contribution in [0.4, 0.5) is 10.1 Å². The van der Waals surface area contributed by atoms with Crippen LogP contribution >= 0.6 is 0 Å². The van der Waals surface area contributed by atoms with Crippen LogP contribution in [0.15, 0.2) is 30.3 Å². The second-order valence-corrected chi connectivity index (χ2v) is 7.70. The van der Waals surface area contributed by atoms with Gasteiger partial charge in [0.25, 0.3) is 0 Å². The van der Waals surface area contributed by atoms with Crippen molar-refractivity contribution in [1.82, 2.24) is 14.7 Å². The monoisotopic (exact) mass is 374 g/mol. The van der Waals surface area contributed by atoms with Crippen LogP contribution in [0.3, 0.4) is 0 Å². The summed E-state index contributed by atoms with van der Waals surface area (Å²) in [4.78, 5) is 27.1. The molecule has 1 aromatic heterocycles. The van der Waals surface area contributed by atoms with E-state index in [9.17, 15) is 14.0 Å². The van der Waals surface area contributed by atoms with E-state index in [0.717, 1.165) is 11.4 Å². The smallest absolute Gasteiger partial charge is 0.248 e. The highest BCUT2D eigenvalue weighted by molar-refractivity contribution is 5.95. The third-order valence-corrected chi connectivity index (χ3v) is 4.27. The minimum Gasteiger partial charge on any atom is -0.327 e. The van der Waals surface area contributed by atoms with Gasteiger partial charge in [0.05, 0.1) is 5.69 Å². The number of hydrogen-bond acceptors (Lipinski definition) is 3. The number of aryl methyl sites for hydroxylation is 2. The second kappa shape index (κ2) is 7.90. The molecule has 27 heavy (non-hydrogen) atoms. The van der Waals surface area contributed by atoms with Crippen LogP contribution in [0.2, 0.25) is 0 Å². The summed E-state index contributed by atoms with van der Waals surface area (Å²) in [6, 6.07) is 6.88. The largest absolute Gasteiger partial charge is 0.327 e. The van der Waals surface area contributed by atoms with Gasteiger partial charge in [0.15, 0.2) is 0 Å². The van der Waals surface area contributed by atoms with E-state index in [-0.39, 0.29) is 24.2 Å². The highest BCUT2D eigenvalue weighted by Gasteiger charge is 2.33. The van der Waals surface area contributed by atoms with Crippen molar-refractivity contribution in [3.8, 4) is 0 Å². The van der Waals surface area contributed by atoms with Crippen LogP contribution < -0.4 is 5.32 Å². The van der Waals surface area contributed by atoms with Crippen LogP contribution in [0.25, 0.3) is 0 Å². The van der Waals surface area contributed by atoms with Gasteiger partial charge < -0.3 is 10.2 Å². The van der Waals surface area contributed by atoms with Crippen molar-refractivity contribution in [2.24, 2.45) is 0 Å². The molecular weight excluding hydrogens is 347 g/mol. The fourth-order valence-corrected chi connectivity index (χ4v) is 2.89. The van der Waals surface area contributed by atoms with Crippen molar-refractivity contribution in [1.29, 1.82) is 0 Å². The number of nitrogens with one attached hydrogen (secondary N) is 1. The second-order valence-electron chi connectivity index (χ2n) is 7.70. The average Bonchev–Trinajstić information content (AvgIpc) is 2.91. The molecule has 0 aliphatic heterocycles. The van der Waals surface area contributed by atoms with E-state index in [4.69, 9.17) is 0 Å². The van der Waals surface area contributed by atoms with E-state index in [1.165, 1.54) is 29.2 Å². The van der Waals surface area contributed by atoms with Crippen LogP contribution in [-0.2, 0) is 9.59 Å². The summed E-state index contributed by atoms with van der Waals surface area (Å²) in [5.41, 5.74) is 1.65. The molecule has 0 unspecified atom stereocenters. The summed E-state index contributed by atoms with van der Waals surface area (Å²) in [6.45, 7) is 11.1. The number of nitrogens with zero attached hydrogens (tertiary/aromatic N) is 3. The number of benzene rings is 1. The average molecular weight is 374 g/mol. The number of halogens is 1. The third kappa shape index (κ3) is 5.15. The standard InChI is InChI=1S/C20H27FN4O2/c1-13-11-14(2)25(23-13)15(3)19(27)24(20(4,5)6)12-18(26)22-17-9-7-16(21)8-10-17/h7-11,15H,12H2,1-6H3,(H,22,26)/t15-/m1/s1. The van der Waals surface area contributed by atoms with Gasteiger partial charge in [-0.05, 0) is 71.9 Å². The molecule has 0 saturated heterocycles. The molecular formula is C20H27FN4O2. The highest BCUT2D eigenvalue weighted by atomic mass is 19.1. The molecule has 0 aliphatic carbocycles. The first-order chi connectivity index (χ1) is 12.5. The predicted octanol–water partition coefficient (Wildman–Crippen LogP) is 3.47. The van der Waals surface area contributed by atoms with Crippen molar-refractivity contribution < 1.29 is 14.0 Å². The number of rotatable bonds is 5. The molecule has 7 heteroatoms. The zero-order chi connectivity index (χ0) is 20.4. The molecule has 2 amide bonds. The Morgan fingerprint density at radius 1 is 1.22 bits per heavy atom. The van der Waals surface area contributed by atoms with E-state index in [0.29, 0.717) is 5.69 Å². The topological polar surface area (TPSA) is 67.2 Å². The van der Waals surface area contributed by atoms with Crippen LogP contribution in [0.5, 0.6) is 0 Å². The summed E-state index contributed by atoms with van der Waals surface area (Å²) in [7, 11) is 0. The van der Waals surface area contributed by atoms with Gasteiger partial charge in [-0.3, -0.25) is 14.3 Å². The summed E-state index contributed by atoms with van der Waals surface area (Å²) >= 11 is 0. The van der Waals surface area contributed by atoms with Gasteiger partial charge in [-0.15, -0.1) is 0 Å². The van der Waals surface area contributed by atoms with Crippen molar-refractivity contribution in [2.45, 2.75) is 53.1 Å². The first-order valence-electron chi connectivity index (χ1n) is 8.88. The Morgan fingerprint density at radius 3 is 2.30 bits per heavy atom. The molecule has 1 aromatic carbocycles. The summed E-state index contributed by atoms with van der Waals surface area (Å²) < 4.78 is 14.7. The lowest BCUT2D eigenvalue weighted by molar-refractivity contribution is -0.142. The van der Waals surface area contributed by atoms with Crippen molar-refractivity contribution in [3.63, 3.8) is 0 Å². The molecule has 1 heterocycles. The molecule has 2 rings (SSSR count). The molecule has 0 aliphatic rings. The lowest BCUT2D eigenvalue weighted by Gasteiger charge is -2.37. The number of amides is 2. The molecule has 146 valence electrons. The number of carbonyl (C=O) groups is 2. The Hall–Kier alpha value is -2.70. The minimum absolute atomic E-state index is 0.108. The molecule has 0 spiro atoms. The molecule has 1 atom stereocenters. The highest BCUT2D eigenvalue weighted by Crippen LogP contribution is 2.21. The first kappa shape index (κ1) is 20.6. The molecule has 0 bridgehead atoms. The molecule has 0 saturated carbocycles. The fraction of sp³-hybridized carbons (Fsp3) is 0.450. The van der Waals surface area contributed by atoms with Gasteiger partial charge in [0.1, 0.15) is 18.4 Å². The molecule has 1 N–H and O–H groups in total. The van der Waals surface area contributed by atoms with E-state index in [1.807, 2.05) is 40.7 Å². The van der Waals surface area contributed by atoms with Crippen LogP contribution in [0, 0.1) is 19.7 Å². The molecule has 2 aromatic rings. The Morgan fingerprint density at radius 2 is 1.81 bits per heavy atom. The normalized spacial score (nSPS) is 12.6. The van der Waals surface area contributed by atoms with E-state index in [1.54, 1.807) is 11.6 Å². The van der Waals surface area contributed by atoms with E-state index in [2.05, 4.69) is 10.4 Å². The zero-order valence-electron chi connectivity index (χ0n) is 16.7. The van der Waals surface area contributed by atoms with Crippen molar-refractivity contribution in [3.05, 3.63) is 47.5 Å².